The van der Waals surface area contributed by atoms with Crippen LogP contribution in [-0.4, -0.2) is 6.54 Å². The zero-order valence-corrected chi connectivity index (χ0v) is 9.94. The average Bonchev–Trinajstić information content (AvgIpc) is 2.85. The summed E-state index contributed by atoms with van der Waals surface area (Å²) in [6, 6.07) is 7.93. The maximum atomic E-state index is 5.77. The predicted molar refractivity (Wildman–Crippen MR) is 63.6 cm³/mol. The Morgan fingerprint density at radius 3 is 2.87 bits per heavy atom. The Hall–Kier alpha value is -0.770. The molecule has 1 atom stereocenters. The monoisotopic (exact) mass is 241 g/mol. The lowest BCUT2D eigenvalue weighted by molar-refractivity contribution is 0.457. The molecule has 1 unspecified atom stereocenters. The molecule has 2 heterocycles. The normalized spacial score (nSPS) is 12.9. The van der Waals surface area contributed by atoms with Crippen LogP contribution >= 0.6 is 22.9 Å². The van der Waals surface area contributed by atoms with Gasteiger partial charge in [-0.05, 0) is 41.7 Å². The van der Waals surface area contributed by atoms with E-state index >= 15 is 0 Å². The maximum Gasteiger partial charge on any atom is 0.193 e. The Balaban J connectivity index is 2.27. The second-order valence-electron chi connectivity index (χ2n) is 3.15. The Bertz CT molecular complexity index is 410. The SMILES string of the molecule is CCNC(c1ccc(Cl)o1)c1cccs1. The van der Waals surface area contributed by atoms with Gasteiger partial charge in [0, 0.05) is 4.88 Å². The summed E-state index contributed by atoms with van der Waals surface area (Å²) in [5, 5.41) is 5.87. The lowest BCUT2D eigenvalue weighted by atomic mass is 10.2. The molecule has 0 radical (unpaired) electrons. The fraction of sp³-hybridized carbons (Fsp3) is 0.273. The highest BCUT2D eigenvalue weighted by Crippen LogP contribution is 2.28. The van der Waals surface area contributed by atoms with Crippen LogP contribution in [0.4, 0.5) is 0 Å². The minimum Gasteiger partial charge on any atom is -0.448 e. The molecule has 2 nitrogen and oxygen atoms in total. The molecule has 0 spiro atoms. The van der Waals surface area contributed by atoms with Crippen molar-refractivity contribution in [2.24, 2.45) is 0 Å². The highest BCUT2D eigenvalue weighted by molar-refractivity contribution is 7.10. The Kier molecular flexibility index (Phi) is 3.46. The first-order valence-corrected chi connectivity index (χ1v) is 6.09. The van der Waals surface area contributed by atoms with Crippen molar-refractivity contribution < 1.29 is 4.42 Å². The molecule has 15 heavy (non-hydrogen) atoms. The van der Waals surface area contributed by atoms with E-state index in [0.29, 0.717) is 5.22 Å². The highest BCUT2D eigenvalue weighted by atomic mass is 35.5. The van der Waals surface area contributed by atoms with Crippen LogP contribution in [0.2, 0.25) is 5.22 Å². The van der Waals surface area contributed by atoms with Crippen LogP contribution in [0.5, 0.6) is 0 Å². The van der Waals surface area contributed by atoms with Crippen LogP contribution in [0.15, 0.2) is 34.1 Å². The summed E-state index contributed by atoms with van der Waals surface area (Å²) in [6.45, 7) is 2.96. The third-order valence-corrected chi connectivity index (χ3v) is 3.25. The van der Waals surface area contributed by atoms with Gasteiger partial charge in [0.05, 0.1) is 0 Å². The second kappa shape index (κ2) is 4.84. The molecule has 2 aromatic heterocycles. The first-order valence-electron chi connectivity index (χ1n) is 4.83. The highest BCUT2D eigenvalue weighted by Gasteiger charge is 2.17. The third kappa shape index (κ3) is 2.43. The van der Waals surface area contributed by atoms with Gasteiger partial charge in [0.25, 0.3) is 0 Å². The molecule has 2 aromatic rings. The van der Waals surface area contributed by atoms with Gasteiger partial charge in [-0.1, -0.05) is 13.0 Å². The van der Waals surface area contributed by atoms with Crippen LogP contribution in [-0.2, 0) is 0 Å². The van der Waals surface area contributed by atoms with Gasteiger partial charge >= 0.3 is 0 Å². The van der Waals surface area contributed by atoms with Gasteiger partial charge in [0.2, 0.25) is 0 Å². The summed E-state index contributed by atoms with van der Waals surface area (Å²) >= 11 is 7.48. The molecule has 0 fully saturated rings. The quantitative estimate of drug-likeness (QED) is 0.883. The van der Waals surface area contributed by atoms with E-state index < -0.39 is 0 Å². The van der Waals surface area contributed by atoms with Crippen molar-refractivity contribution in [3.8, 4) is 0 Å². The number of nitrogens with one attached hydrogen (secondary N) is 1. The van der Waals surface area contributed by atoms with Gasteiger partial charge in [0.15, 0.2) is 5.22 Å². The molecule has 0 aliphatic heterocycles. The molecule has 1 N–H and O–H groups in total. The largest absolute Gasteiger partial charge is 0.448 e. The third-order valence-electron chi connectivity index (χ3n) is 2.11. The van der Waals surface area contributed by atoms with Gasteiger partial charge in [-0.2, -0.15) is 0 Å². The number of hydrogen-bond acceptors (Lipinski definition) is 3. The molecule has 0 saturated carbocycles. The molecule has 0 aliphatic rings. The summed E-state index contributed by atoms with van der Waals surface area (Å²) < 4.78 is 5.43. The minimum atomic E-state index is 0.113. The summed E-state index contributed by atoms with van der Waals surface area (Å²) in [7, 11) is 0. The maximum absolute atomic E-state index is 5.77. The fourth-order valence-electron chi connectivity index (χ4n) is 1.48. The van der Waals surface area contributed by atoms with Crippen molar-refractivity contribution in [3.63, 3.8) is 0 Å². The summed E-state index contributed by atoms with van der Waals surface area (Å²) in [4.78, 5) is 1.24. The van der Waals surface area contributed by atoms with E-state index in [9.17, 15) is 0 Å². The van der Waals surface area contributed by atoms with E-state index in [4.69, 9.17) is 16.0 Å². The molecule has 0 aliphatic carbocycles. The number of hydrogen-bond donors (Lipinski definition) is 1. The van der Waals surface area contributed by atoms with Gasteiger partial charge < -0.3 is 9.73 Å². The zero-order chi connectivity index (χ0) is 10.7. The molecule has 0 aromatic carbocycles. The average molecular weight is 242 g/mol. The van der Waals surface area contributed by atoms with Gasteiger partial charge in [-0.3, -0.25) is 0 Å². The van der Waals surface area contributed by atoms with Crippen molar-refractivity contribution in [2.45, 2.75) is 13.0 Å². The number of thiophene rings is 1. The van der Waals surface area contributed by atoms with E-state index in [1.54, 1.807) is 17.4 Å². The summed E-state index contributed by atoms with van der Waals surface area (Å²) in [5.74, 6) is 0.865. The second-order valence-corrected chi connectivity index (χ2v) is 4.50. The van der Waals surface area contributed by atoms with Crippen molar-refractivity contribution in [1.82, 2.24) is 5.32 Å². The lowest BCUT2D eigenvalue weighted by Crippen LogP contribution is -2.20. The van der Waals surface area contributed by atoms with Crippen LogP contribution in [0.25, 0.3) is 0 Å². The van der Waals surface area contributed by atoms with E-state index in [1.807, 2.05) is 12.1 Å². The Labute approximate surface area is 97.9 Å². The Morgan fingerprint density at radius 2 is 2.33 bits per heavy atom. The lowest BCUT2D eigenvalue weighted by Gasteiger charge is -2.13. The fourth-order valence-corrected chi connectivity index (χ4v) is 2.44. The van der Waals surface area contributed by atoms with Gasteiger partial charge in [-0.15, -0.1) is 11.3 Å². The molecule has 0 bridgehead atoms. The van der Waals surface area contributed by atoms with E-state index in [1.165, 1.54) is 4.88 Å². The number of furan rings is 1. The predicted octanol–water partition coefficient (Wildman–Crippen LogP) is 3.69. The minimum absolute atomic E-state index is 0.113. The number of halogens is 1. The molecular weight excluding hydrogens is 230 g/mol. The molecule has 2 rings (SSSR count). The van der Waals surface area contributed by atoms with Crippen LogP contribution < -0.4 is 5.32 Å². The Morgan fingerprint density at radius 1 is 1.47 bits per heavy atom. The van der Waals surface area contributed by atoms with Gasteiger partial charge in [0.1, 0.15) is 11.8 Å². The molecule has 80 valence electrons. The summed E-state index contributed by atoms with van der Waals surface area (Å²) in [5.41, 5.74) is 0. The van der Waals surface area contributed by atoms with E-state index in [2.05, 4.69) is 23.7 Å². The zero-order valence-electron chi connectivity index (χ0n) is 8.37. The van der Waals surface area contributed by atoms with Crippen LogP contribution in [0.3, 0.4) is 0 Å². The van der Waals surface area contributed by atoms with Crippen molar-refractivity contribution in [3.05, 3.63) is 45.5 Å². The smallest absolute Gasteiger partial charge is 0.193 e. The van der Waals surface area contributed by atoms with E-state index in [0.717, 1.165) is 12.3 Å². The van der Waals surface area contributed by atoms with E-state index in [-0.39, 0.29) is 6.04 Å². The molecular formula is C11H12ClNOS. The van der Waals surface area contributed by atoms with Gasteiger partial charge in [-0.25, -0.2) is 0 Å². The summed E-state index contributed by atoms with van der Waals surface area (Å²) in [6.07, 6.45) is 0. The molecule has 0 saturated heterocycles. The molecule has 0 amide bonds. The number of rotatable bonds is 4. The standard InChI is InChI=1S/C11H12ClNOS/c1-2-13-11(9-4-3-7-15-9)8-5-6-10(12)14-8/h3-7,11,13H,2H2,1H3. The van der Waals surface area contributed by atoms with Crippen molar-refractivity contribution in [1.29, 1.82) is 0 Å². The molecule has 4 heteroatoms. The van der Waals surface area contributed by atoms with Crippen LogP contribution in [0.1, 0.15) is 23.6 Å². The topological polar surface area (TPSA) is 25.2 Å². The first kappa shape index (κ1) is 10.7. The van der Waals surface area contributed by atoms with Crippen LogP contribution in [0, 0.1) is 0 Å². The van der Waals surface area contributed by atoms with Crippen molar-refractivity contribution >= 4 is 22.9 Å². The van der Waals surface area contributed by atoms with Crippen molar-refractivity contribution in [2.75, 3.05) is 6.54 Å². The first-order chi connectivity index (χ1) is 7.31.